The van der Waals surface area contributed by atoms with E-state index >= 15 is 0 Å². The van der Waals surface area contributed by atoms with Crippen LogP contribution in [0.3, 0.4) is 0 Å². The molecule has 0 amide bonds. The minimum absolute atomic E-state index is 0.628. The summed E-state index contributed by atoms with van der Waals surface area (Å²) in [5.74, 6) is 1.92. The predicted molar refractivity (Wildman–Crippen MR) is 233 cm³/mol. The highest BCUT2D eigenvalue weighted by molar-refractivity contribution is 7.26. The number of fused-ring (bicyclic) bond motifs is 6. The zero-order chi connectivity index (χ0) is 37.0. The molecule has 4 nitrogen and oxygen atoms in total. The molecule has 8 aromatic carbocycles. The van der Waals surface area contributed by atoms with Gasteiger partial charge in [0.2, 0.25) is 0 Å². The summed E-state index contributed by atoms with van der Waals surface area (Å²) >= 11 is 1.78. The second-order valence-electron chi connectivity index (χ2n) is 14.0. The van der Waals surface area contributed by atoms with Gasteiger partial charge < -0.3 is 4.42 Å². The largest absolute Gasteiger partial charge is 0.456 e. The lowest BCUT2D eigenvalue weighted by Gasteiger charge is -2.13. The fraction of sp³-hybridized carbons (Fsp3) is 0. The molecule has 5 heteroatoms. The molecule has 0 fully saturated rings. The molecule has 0 N–H and O–H groups in total. The second kappa shape index (κ2) is 13.3. The van der Waals surface area contributed by atoms with Crippen LogP contribution < -0.4 is 0 Å². The third kappa shape index (κ3) is 5.56. The molecule has 0 spiro atoms. The van der Waals surface area contributed by atoms with Crippen LogP contribution in [0.15, 0.2) is 192 Å². The Morgan fingerprint density at radius 2 is 0.875 bits per heavy atom. The van der Waals surface area contributed by atoms with Crippen molar-refractivity contribution in [2.45, 2.75) is 0 Å². The molecule has 11 rings (SSSR count). The molecule has 3 heterocycles. The van der Waals surface area contributed by atoms with E-state index in [9.17, 15) is 0 Å². The third-order valence-corrected chi connectivity index (χ3v) is 11.8. The molecule has 262 valence electrons. The van der Waals surface area contributed by atoms with E-state index in [2.05, 4.69) is 170 Å². The molecule has 11 aromatic rings. The third-order valence-electron chi connectivity index (χ3n) is 10.6. The zero-order valence-corrected chi connectivity index (χ0v) is 30.9. The van der Waals surface area contributed by atoms with Crippen molar-refractivity contribution >= 4 is 53.4 Å². The van der Waals surface area contributed by atoms with Crippen LogP contribution in [-0.2, 0) is 0 Å². The number of aromatic nitrogens is 3. The number of benzene rings is 8. The van der Waals surface area contributed by atoms with Crippen LogP contribution in [-0.4, -0.2) is 15.0 Å². The van der Waals surface area contributed by atoms with Gasteiger partial charge in [0, 0.05) is 47.6 Å². The van der Waals surface area contributed by atoms with Gasteiger partial charge in [0.1, 0.15) is 11.2 Å². The summed E-state index contributed by atoms with van der Waals surface area (Å²) in [5.41, 5.74) is 11.3. The number of furan rings is 1. The van der Waals surface area contributed by atoms with Gasteiger partial charge in [-0.2, -0.15) is 0 Å². The average Bonchev–Trinajstić information content (AvgIpc) is 3.85. The molecule has 0 saturated heterocycles. The first kappa shape index (κ1) is 32.2. The van der Waals surface area contributed by atoms with E-state index in [-0.39, 0.29) is 0 Å². The summed E-state index contributed by atoms with van der Waals surface area (Å²) in [7, 11) is 0. The monoisotopic (exact) mass is 733 g/mol. The molecule has 0 unspecified atom stereocenters. The van der Waals surface area contributed by atoms with Crippen molar-refractivity contribution in [3.63, 3.8) is 0 Å². The lowest BCUT2D eigenvalue weighted by atomic mass is 9.98. The summed E-state index contributed by atoms with van der Waals surface area (Å²) in [5, 5.41) is 4.72. The number of nitrogens with zero attached hydrogens (tertiary/aromatic N) is 3. The van der Waals surface area contributed by atoms with Crippen LogP contribution in [0, 0.1) is 0 Å². The first-order valence-electron chi connectivity index (χ1n) is 18.7. The van der Waals surface area contributed by atoms with Crippen LogP contribution >= 0.6 is 11.3 Å². The molecule has 0 saturated carbocycles. The Hall–Kier alpha value is -7.21. The molecular formula is C51H31N3OS. The number of hydrogen-bond acceptors (Lipinski definition) is 5. The highest BCUT2D eigenvalue weighted by atomic mass is 32.1. The average molecular weight is 734 g/mol. The maximum Gasteiger partial charge on any atom is 0.165 e. The van der Waals surface area contributed by atoms with E-state index < -0.39 is 0 Å². The number of para-hydroxylation sites is 1. The van der Waals surface area contributed by atoms with Gasteiger partial charge in [0.25, 0.3) is 0 Å². The van der Waals surface area contributed by atoms with Crippen molar-refractivity contribution < 1.29 is 4.42 Å². The Balaban J connectivity index is 1.02. The van der Waals surface area contributed by atoms with E-state index in [0.717, 1.165) is 72.0 Å². The second-order valence-corrected chi connectivity index (χ2v) is 15.0. The Morgan fingerprint density at radius 3 is 1.71 bits per heavy atom. The van der Waals surface area contributed by atoms with Crippen LogP contribution in [0.2, 0.25) is 0 Å². The molecule has 56 heavy (non-hydrogen) atoms. The first-order chi connectivity index (χ1) is 27.7. The summed E-state index contributed by atoms with van der Waals surface area (Å²) < 4.78 is 8.60. The van der Waals surface area contributed by atoms with E-state index in [0.29, 0.717) is 17.5 Å². The summed E-state index contributed by atoms with van der Waals surface area (Å²) in [6, 6.07) is 65.7. The molecule has 0 aliphatic rings. The zero-order valence-electron chi connectivity index (χ0n) is 30.1. The molecule has 3 aromatic heterocycles. The van der Waals surface area contributed by atoms with Crippen LogP contribution in [0.25, 0.3) is 110 Å². The quantitative estimate of drug-likeness (QED) is 0.171. The fourth-order valence-corrected chi connectivity index (χ4v) is 9.03. The van der Waals surface area contributed by atoms with Crippen molar-refractivity contribution in [3.8, 4) is 67.5 Å². The maximum absolute atomic E-state index is 6.18. The predicted octanol–water partition coefficient (Wildman–Crippen LogP) is 14.1. The van der Waals surface area contributed by atoms with E-state index in [1.807, 2.05) is 18.2 Å². The summed E-state index contributed by atoms with van der Waals surface area (Å²) in [4.78, 5) is 15.7. The normalized spacial score (nSPS) is 11.6. The van der Waals surface area contributed by atoms with Crippen molar-refractivity contribution in [1.82, 2.24) is 15.0 Å². The Morgan fingerprint density at radius 1 is 0.321 bits per heavy atom. The Kier molecular flexibility index (Phi) is 7.64. The van der Waals surface area contributed by atoms with Gasteiger partial charge in [0.05, 0.1) is 0 Å². The van der Waals surface area contributed by atoms with Crippen molar-refractivity contribution in [2.24, 2.45) is 0 Å². The molecule has 0 atom stereocenters. The van der Waals surface area contributed by atoms with Crippen molar-refractivity contribution in [1.29, 1.82) is 0 Å². The lowest BCUT2D eigenvalue weighted by molar-refractivity contribution is 0.669. The first-order valence-corrected chi connectivity index (χ1v) is 19.5. The Bertz CT molecular complexity index is 3250. The van der Waals surface area contributed by atoms with Gasteiger partial charge in [-0.3, -0.25) is 0 Å². The minimum Gasteiger partial charge on any atom is -0.456 e. The molecular weight excluding hydrogens is 703 g/mol. The van der Waals surface area contributed by atoms with Gasteiger partial charge in [-0.15, -0.1) is 11.3 Å². The molecule has 0 radical (unpaired) electrons. The van der Waals surface area contributed by atoms with Gasteiger partial charge in [-0.1, -0.05) is 152 Å². The summed E-state index contributed by atoms with van der Waals surface area (Å²) in [6.45, 7) is 0. The highest BCUT2D eigenvalue weighted by Crippen LogP contribution is 2.41. The smallest absolute Gasteiger partial charge is 0.165 e. The van der Waals surface area contributed by atoms with Gasteiger partial charge >= 0.3 is 0 Å². The topological polar surface area (TPSA) is 51.8 Å². The van der Waals surface area contributed by atoms with E-state index in [1.165, 1.54) is 20.2 Å². The number of hydrogen-bond donors (Lipinski definition) is 0. The summed E-state index contributed by atoms with van der Waals surface area (Å²) in [6.07, 6.45) is 0. The van der Waals surface area contributed by atoms with Crippen molar-refractivity contribution in [2.75, 3.05) is 0 Å². The number of rotatable bonds is 6. The minimum atomic E-state index is 0.628. The standard InChI is InChI=1S/C51H31N3OS/c1-2-12-34(13-3-1)38-16-4-5-19-43(38)50-52-49(53-51(54-50)44-21-11-20-42-41-18-7-9-23-47(41)56-48(42)44)37-15-10-14-35(30-37)32-24-26-33(27-25-32)36-28-29-40-39-17-6-8-22-45(39)55-46(40)31-36/h1-31H. The van der Waals surface area contributed by atoms with Gasteiger partial charge in [-0.25, -0.2) is 15.0 Å². The van der Waals surface area contributed by atoms with E-state index in [4.69, 9.17) is 19.4 Å². The van der Waals surface area contributed by atoms with Crippen molar-refractivity contribution in [3.05, 3.63) is 188 Å². The lowest BCUT2D eigenvalue weighted by Crippen LogP contribution is -2.01. The van der Waals surface area contributed by atoms with Gasteiger partial charge in [-0.05, 0) is 69.8 Å². The molecule has 0 aliphatic carbocycles. The SMILES string of the molecule is c1ccc(-c2ccccc2-c2nc(-c3cccc(-c4ccc(-c5ccc6c(c5)oc5ccccc56)cc4)c3)nc(-c3cccc4c3sc3ccccc34)n2)cc1. The van der Waals surface area contributed by atoms with Crippen LogP contribution in [0.5, 0.6) is 0 Å². The molecule has 0 aliphatic heterocycles. The maximum atomic E-state index is 6.18. The van der Waals surface area contributed by atoms with Crippen LogP contribution in [0.4, 0.5) is 0 Å². The van der Waals surface area contributed by atoms with E-state index in [1.54, 1.807) is 11.3 Å². The van der Waals surface area contributed by atoms with Crippen LogP contribution in [0.1, 0.15) is 0 Å². The molecule has 0 bridgehead atoms. The van der Waals surface area contributed by atoms with Gasteiger partial charge in [0.15, 0.2) is 17.5 Å². The number of thiophene rings is 1. The highest BCUT2D eigenvalue weighted by Gasteiger charge is 2.19. The Labute approximate surface area is 327 Å². The fourth-order valence-electron chi connectivity index (χ4n) is 7.82.